The maximum Gasteiger partial charge on any atom is 0.407 e. The molecule has 4 rings (SSSR count). The number of aromatic nitrogens is 1. The maximum absolute atomic E-state index is 12.3. The van der Waals surface area contributed by atoms with Crippen LogP contribution in [0.25, 0.3) is 11.1 Å². The zero-order valence-electron chi connectivity index (χ0n) is 18.6. The van der Waals surface area contributed by atoms with Gasteiger partial charge in [-0.05, 0) is 28.2 Å². The molecule has 2 amide bonds. The lowest BCUT2D eigenvalue weighted by atomic mass is 9.98. The fourth-order valence-corrected chi connectivity index (χ4v) is 4.74. The second kappa shape index (κ2) is 10.5. The third-order valence-electron chi connectivity index (χ3n) is 5.68. The van der Waals surface area contributed by atoms with Crippen molar-refractivity contribution in [2.75, 3.05) is 13.2 Å². The van der Waals surface area contributed by atoms with Gasteiger partial charge < -0.3 is 20.5 Å². The molecule has 0 saturated carbocycles. The quantitative estimate of drug-likeness (QED) is 0.427. The fraction of sp³-hybridized carbons (Fsp3) is 0.280. The first-order chi connectivity index (χ1) is 16.4. The summed E-state index contributed by atoms with van der Waals surface area (Å²) in [6, 6.07) is 16.3. The molecule has 1 heterocycles. The van der Waals surface area contributed by atoms with E-state index in [4.69, 9.17) is 9.84 Å². The number of nitrogens with zero attached hydrogens (tertiary/aromatic N) is 1. The number of carbonyl (C=O) groups excluding carboxylic acids is 2. The summed E-state index contributed by atoms with van der Waals surface area (Å²) in [7, 11) is 0. The standard InChI is InChI=1S/C25H25N3O5S/c1-15(10-22(29)26-12-23-28-21(14-34-23)24(30)31)11-27-25(32)33-13-20-18-8-4-2-6-16(18)17-7-3-5-9-19(17)20/h2-9,14-15,20H,10-13H2,1H3,(H,26,29)(H,27,32)(H,30,31). The lowest BCUT2D eigenvalue weighted by Gasteiger charge is -2.16. The van der Waals surface area contributed by atoms with Crippen LogP contribution in [0.2, 0.25) is 0 Å². The molecule has 1 aromatic heterocycles. The smallest absolute Gasteiger partial charge is 0.407 e. The molecule has 176 valence electrons. The van der Waals surface area contributed by atoms with Gasteiger partial charge in [-0.2, -0.15) is 0 Å². The van der Waals surface area contributed by atoms with Gasteiger partial charge in [0.05, 0.1) is 6.54 Å². The van der Waals surface area contributed by atoms with E-state index in [0.717, 1.165) is 11.1 Å². The number of benzene rings is 2. The highest BCUT2D eigenvalue weighted by Crippen LogP contribution is 2.44. The Morgan fingerprint density at radius 3 is 2.32 bits per heavy atom. The van der Waals surface area contributed by atoms with E-state index >= 15 is 0 Å². The molecule has 3 aromatic rings. The number of carbonyl (C=O) groups is 3. The summed E-state index contributed by atoms with van der Waals surface area (Å²) in [6.45, 7) is 2.56. The molecule has 1 aliphatic carbocycles. The van der Waals surface area contributed by atoms with Crippen LogP contribution < -0.4 is 10.6 Å². The van der Waals surface area contributed by atoms with E-state index in [1.807, 2.05) is 31.2 Å². The van der Waals surface area contributed by atoms with Crippen molar-refractivity contribution in [3.8, 4) is 11.1 Å². The lowest BCUT2D eigenvalue weighted by molar-refractivity contribution is -0.122. The van der Waals surface area contributed by atoms with Crippen LogP contribution >= 0.6 is 11.3 Å². The summed E-state index contributed by atoms with van der Waals surface area (Å²) >= 11 is 1.18. The molecule has 3 N–H and O–H groups in total. The lowest BCUT2D eigenvalue weighted by Crippen LogP contribution is -2.32. The van der Waals surface area contributed by atoms with E-state index < -0.39 is 12.1 Å². The van der Waals surface area contributed by atoms with Crippen LogP contribution in [0.4, 0.5) is 4.79 Å². The second-order valence-electron chi connectivity index (χ2n) is 8.22. The SMILES string of the molecule is CC(CNC(=O)OCC1c2ccccc2-c2ccccc21)CC(=O)NCc1nc(C(=O)O)cs1. The topological polar surface area (TPSA) is 118 Å². The van der Waals surface area contributed by atoms with Crippen LogP contribution in [0, 0.1) is 5.92 Å². The van der Waals surface area contributed by atoms with Crippen LogP contribution in [0.15, 0.2) is 53.9 Å². The fourth-order valence-electron chi connectivity index (χ4n) is 4.03. The molecule has 0 radical (unpaired) electrons. The number of rotatable bonds is 9. The van der Waals surface area contributed by atoms with Crippen molar-refractivity contribution in [2.24, 2.45) is 5.92 Å². The molecule has 0 fully saturated rings. The summed E-state index contributed by atoms with van der Waals surface area (Å²) in [5.74, 6) is -1.41. The van der Waals surface area contributed by atoms with Crippen LogP contribution in [-0.4, -0.2) is 41.2 Å². The molecule has 0 bridgehead atoms. The number of thiazole rings is 1. The first-order valence-electron chi connectivity index (χ1n) is 11.0. The third kappa shape index (κ3) is 5.43. The summed E-state index contributed by atoms with van der Waals surface area (Å²) in [5.41, 5.74) is 4.61. The number of amides is 2. The maximum atomic E-state index is 12.3. The highest BCUT2D eigenvalue weighted by Gasteiger charge is 2.29. The largest absolute Gasteiger partial charge is 0.476 e. The Morgan fingerprint density at radius 1 is 1.06 bits per heavy atom. The minimum absolute atomic E-state index is 0.00569. The minimum atomic E-state index is -1.10. The van der Waals surface area contributed by atoms with Crippen molar-refractivity contribution >= 4 is 29.3 Å². The Kier molecular flexibility index (Phi) is 7.22. The molecule has 1 aliphatic rings. The number of nitrogens with one attached hydrogen (secondary N) is 2. The molecular weight excluding hydrogens is 454 g/mol. The number of carboxylic acid groups (broad SMARTS) is 1. The van der Waals surface area contributed by atoms with Crippen molar-refractivity contribution < 1.29 is 24.2 Å². The van der Waals surface area contributed by atoms with Gasteiger partial charge in [-0.3, -0.25) is 4.79 Å². The summed E-state index contributed by atoms with van der Waals surface area (Å²) in [5, 5.41) is 16.3. The Balaban J connectivity index is 1.20. The molecule has 1 atom stereocenters. The summed E-state index contributed by atoms with van der Waals surface area (Å²) in [4.78, 5) is 39.2. The highest BCUT2D eigenvalue weighted by atomic mass is 32.1. The number of aromatic carboxylic acids is 1. The molecule has 0 saturated heterocycles. The summed E-state index contributed by atoms with van der Waals surface area (Å²) < 4.78 is 5.52. The van der Waals surface area contributed by atoms with Crippen molar-refractivity contribution in [1.82, 2.24) is 15.6 Å². The van der Waals surface area contributed by atoms with Crippen molar-refractivity contribution in [3.63, 3.8) is 0 Å². The van der Waals surface area contributed by atoms with Crippen molar-refractivity contribution in [3.05, 3.63) is 75.7 Å². The normalized spacial score (nSPS) is 13.0. The van der Waals surface area contributed by atoms with E-state index in [1.54, 1.807) is 0 Å². The molecule has 1 unspecified atom stereocenters. The minimum Gasteiger partial charge on any atom is -0.476 e. The van der Waals surface area contributed by atoms with E-state index in [9.17, 15) is 14.4 Å². The van der Waals surface area contributed by atoms with E-state index in [-0.39, 0.29) is 43.0 Å². The number of carboxylic acids is 1. The van der Waals surface area contributed by atoms with Crippen LogP contribution in [0.3, 0.4) is 0 Å². The number of hydrogen-bond donors (Lipinski definition) is 3. The molecule has 8 nitrogen and oxygen atoms in total. The number of hydrogen-bond acceptors (Lipinski definition) is 6. The number of ether oxygens (including phenoxy) is 1. The van der Waals surface area contributed by atoms with Crippen LogP contribution in [-0.2, 0) is 16.1 Å². The van der Waals surface area contributed by atoms with Gasteiger partial charge in [0.1, 0.15) is 11.6 Å². The second-order valence-corrected chi connectivity index (χ2v) is 9.17. The summed E-state index contributed by atoms with van der Waals surface area (Å²) in [6.07, 6.45) is -0.306. The highest BCUT2D eigenvalue weighted by molar-refractivity contribution is 7.09. The van der Waals surface area contributed by atoms with Crippen molar-refractivity contribution in [2.45, 2.75) is 25.8 Å². The monoisotopic (exact) mass is 479 g/mol. The van der Waals surface area contributed by atoms with Crippen LogP contribution in [0.5, 0.6) is 0 Å². The van der Waals surface area contributed by atoms with Gasteiger partial charge in [0, 0.05) is 24.3 Å². The first-order valence-corrected chi connectivity index (χ1v) is 11.8. The molecular formula is C25H25N3O5S. The molecule has 2 aromatic carbocycles. The molecule has 9 heteroatoms. The average Bonchev–Trinajstić information content (AvgIpc) is 3.43. The van der Waals surface area contributed by atoms with Crippen LogP contribution in [0.1, 0.15) is 45.9 Å². The number of alkyl carbamates (subject to hydrolysis) is 1. The Bertz CT molecular complexity index is 1160. The predicted molar refractivity (Wildman–Crippen MR) is 128 cm³/mol. The van der Waals surface area contributed by atoms with Gasteiger partial charge in [-0.1, -0.05) is 55.5 Å². The van der Waals surface area contributed by atoms with E-state index in [2.05, 4.69) is 39.9 Å². The average molecular weight is 480 g/mol. The van der Waals surface area contributed by atoms with Gasteiger partial charge >= 0.3 is 12.1 Å². The van der Waals surface area contributed by atoms with E-state index in [1.165, 1.54) is 27.8 Å². The van der Waals surface area contributed by atoms with Gasteiger partial charge in [0.25, 0.3) is 0 Å². The molecule has 34 heavy (non-hydrogen) atoms. The number of fused-ring (bicyclic) bond motifs is 3. The van der Waals surface area contributed by atoms with Gasteiger partial charge in [-0.15, -0.1) is 11.3 Å². The molecule has 0 aliphatic heterocycles. The Morgan fingerprint density at radius 2 is 1.71 bits per heavy atom. The Hall–Kier alpha value is -3.72. The zero-order chi connectivity index (χ0) is 24.1. The molecule has 0 spiro atoms. The third-order valence-corrected chi connectivity index (χ3v) is 6.53. The zero-order valence-corrected chi connectivity index (χ0v) is 19.4. The predicted octanol–water partition coefficient (Wildman–Crippen LogP) is 4.02. The first kappa shape index (κ1) is 23.4. The Labute approximate surface area is 201 Å². The van der Waals surface area contributed by atoms with E-state index in [0.29, 0.717) is 11.6 Å². The van der Waals surface area contributed by atoms with Gasteiger partial charge in [0.15, 0.2) is 5.69 Å². The van der Waals surface area contributed by atoms with Gasteiger partial charge in [0.2, 0.25) is 5.91 Å². The van der Waals surface area contributed by atoms with Gasteiger partial charge in [-0.25, -0.2) is 14.6 Å². The van der Waals surface area contributed by atoms with Crippen molar-refractivity contribution in [1.29, 1.82) is 0 Å².